The number of hydrazone groups is 1. The van der Waals surface area contributed by atoms with Crippen molar-refractivity contribution >= 4 is 51.8 Å². The highest BCUT2D eigenvalue weighted by Gasteiger charge is 2.11. The molecule has 0 aliphatic heterocycles. The molecule has 25 heavy (non-hydrogen) atoms. The first-order valence-electron chi connectivity index (χ1n) is 7.46. The summed E-state index contributed by atoms with van der Waals surface area (Å²) in [7, 11) is 1.62. The molecular formula is C18H20N2O2S3. The van der Waals surface area contributed by atoms with E-state index in [1.54, 1.807) is 30.6 Å². The third-order valence-corrected chi connectivity index (χ3v) is 6.01. The van der Waals surface area contributed by atoms with Crippen molar-refractivity contribution < 1.29 is 9.53 Å². The van der Waals surface area contributed by atoms with Crippen LogP contribution in [-0.4, -0.2) is 30.4 Å². The van der Waals surface area contributed by atoms with Gasteiger partial charge in [-0.1, -0.05) is 11.8 Å². The molecule has 132 valence electrons. The molecule has 0 spiro atoms. The predicted octanol–water partition coefficient (Wildman–Crippen LogP) is 5.25. The maximum atomic E-state index is 11.9. The van der Waals surface area contributed by atoms with Crippen molar-refractivity contribution in [2.24, 2.45) is 5.10 Å². The van der Waals surface area contributed by atoms with Gasteiger partial charge in [0.1, 0.15) is 5.75 Å². The van der Waals surface area contributed by atoms with Crippen LogP contribution in [0.5, 0.6) is 5.75 Å². The van der Waals surface area contributed by atoms with Crippen LogP contribution < -0.4 is 10.2 Å². The van der Waals surface area contributed by atoms with Gasteiger partial charge < -0.3 is 4.74 Å². The Hall–Kier alpha value is -1.57. The molecule has 0 radical (unpaired) electrons. The van der Waals surface area contributed by atoms with Crippen LogP contribution in [0.2, 0.25) is 0 Å². The number of ketones is 1. The number of hydrogen-bond donors (Lipinski definition) is 1. The van der Waals surface area contributed by atoms with E-state index < -0.39 is 0 Å². The molecule has 2 aromatic carbocycles. The number of hydrogen-bond acceptors (Lipinski definition) is 7. The summed E-state index contributed by atoms with van der Waals surface area (Å²) in [6, 6.07) is 13.6. The van der Waals surface area contributed by atoms with Gasteiger partial charge >= 0.3 is 0 Å². The number of rotatable bonds is 7. The molecular weight excluding hydrogens is 372 g/mol. The van der Waals surface area contributed by atoms with E-state index in [2.05, 4.69) is 35.2 Å². The number of thioether (sulfide) groups is 3. The number of nitrogens with one attached hydrogen (secondary N) is 1. The van der Waals surface area contributed by atoms with Crippen LogP contribution in [-0.2, 0) is 4.79 Å². The van der Waals surface area contributed by atoms with Gasteiger partial charge in [0.2, 0.25) is 0 Å². The number of ether oxygens (including phenoxy) is 1. The number of methoxy groups -OCH3 is 1. The Balaban J connectivity index is 2.15. The van der Waals surface area contributed by atoms with Crippen molar-refractivity contribution in [1.29, 1.82) is 0 Å². The quantitative estimate of drug-likeness (QED) is 0.301. The summed E-state index contributed by atoms with van der Waals surface area (Å²) >= 11 is 4.77. The number of benzene rings is 2. The van der Waals surface area contributed by atoms with Gasteiger partial charge in [-0.3, -0.25) is 10.2 Å². The Bertz CT molecular complexity index is 761. The molecule has 0 aliphatic rings. The molecule has 0 unspecified atom stereocenters. The van der Waals surface area contributed by atoms with E-state index in [9.17, 15) is 4.79 Å². The molecule has 1 N–H and O–H groups in total. The van der Waals surface area contributed by atoms with Gasteiger partial charge in [0.25, 0.3) is 0 Å². The Kier molecular flexibility index (Phi) is 7.74. The maximum Gasteiger partial charge on any atom is 0.186 e. The number of carbonyl (C=O) groups is 1. The second kappa shape index (κ2) is 9.79. The van der Waals surface area contributed by atoms with Gasteiger partial charge in [0.15, 0.2) is 10.8 Å². The second-order valence-corrected chi connectivity index (χ2v) is 7.69. The van der Waals surface area contributed by atoms with E-state index in [0.717, 1.165) is 16.3 Å². The second-order valence-electron chi connectivity index (χ2n) is 4.93. The monoisotopic (exact) mass is 392 g/mol. The zero-order valence-electron chi connectivity index (χ0n) is 14.5. The fourth-order valence-corrected chi connectivity index (χ4v) is 4.27. The Morgan fingerprint density at radius 2 is 1.72 bits per heavy atom. The minimum absolute atomic E-state index is 0.0781. The topological polar surface area (TPSA) is 50.7 Å². The molecule has 7 heteroatoms. The molecule has 2 rings (SSSR count). The highest BCUT2D eigenvalue weighted by molar-refractivity contribution is 8.15. The normalized spacial score (nSPS) is 11.3. The van der Waals surface area contributed by atoms with Crippen molar-refractivity contribution in [2.75, 3.05) is 25.0 Å². The zero-order valence-corrected chi connectivity index (χ0v) is 17.0. The maximum absolute atomic E-state index is 11.9. The summed E-state index contributed by atoms with van der Waals surface area (Å²) < 4.78 is 5.13. The molecule has 0 amide bonds. The summed E-state index contributed by atoms with van der Waals surface area (Å²) in [6.45, 7) is 1.52. The minimum atomic E-state index is -0.0781. The van der Waals surface area contributed by atoms with Gasteiger partial charge in [0, 0.05) is 21.6 Å². The highest BCUT2D eigenvalue weighted by atomic mass is 32.2. The van der Waals surface area contributed by atoms with E-state index in [-0.39, 0.29) is 5.78 Å². The third-order valence-electron chi connectivity index (χ3n) is 3.25. The first-order valence-corrected chi connectivity index (χ1v) is 10.7. The van der Waals surface area contributed by atoms with E-state index in [1.807, 2.05) is 30.3 Å². The van der Waals surface area contributed by atoms with Crippen LogP contribution in [0.15, 0.2) is 62.3 Å². The highest BCUT2D eigenvalue weighted by Crippen LogP contribution is 2.32. The van der Waals surface area contributed by atoms with Gasteiger partial charge in [0.05, 0.1) is 12.8 Å². The number of Topliss-reactive ketones (excluding diaryl/α,β-unsaturated/α-hetero) is 1. The average molecular weight is 393 g/mol. The number of carbonyl (C=O) groups excluding carboxylic acids is 1. The summed E-state index contributed by atoms with van der Waals surface area (Å²) in [6.07, 6.45) is 4.11. The Morgan fingerprint density at radius 1 is 1.04 bits per heavy atom. The van der Waals surface area contributed by atoms with Gasteiger partial charge in [-0.2, -0.15) is 5.10 Å². The largest absolute Gasteiger partial charge is 0.497 e. The van der Waals surface area contributed by atoms with Crippen molar-refractivity contribution in [3.05, 3.63) is 42.5 Å². The van der Waals surface area contributed by atoms with E-state index in [4.69, 9.17) is 4.74 Å². The number of nitrogens with zero attached hydrogens (tertiary/aromatic N) is 1. The van der Waals surface area contributed by atoms with Crippen LogP contribution in [0.4, 0.5) is 5.69 Å². The van der Waals surface area contributed by atoms with Crippen LogP contribution in [0.1, 0.15) is 6.92 Å². The summed E-state index contributed by atoms with van der Waals surface area (Å²) in [5, 5.41) is 4.69. The van der Waals surface area contributed by atoms with Crippen molar-refractivity contribution in [3.8, 4) is 5.75 Å². The van der Waals surface area contributed by atoms with Crippen LogP contribution in [0, 0.1) is 0 Å². The lowest BCUT2D eigenvalue weighted by Crippen LogP contribution is -2.08. The first-order chi connectivity index (χ1) is 12.1. The first kappa shape index (κ1) is 19.8. The standard InChI is InChI=1S/C18H20N2O2S3/c1-12(21)18(20-19-13-5-7-14(22-2)8-6-13)25-15-9-10-16(23-3)17(11-15)24-4/h5-11,19H,1-4H3. The lowest BCUT2D eigenvalue weighted by atomic mass is 10.3. The lowest BCUT2D eigenvalue weighted by Gasteiger charge is -2.09. The smallest absolute Gasteiger partial charge is 0.186 e. The van der Waals surface area contributed by atoms with Crippen LogP contribution >= 0.6 is 35.3 Å². The van der Waals surface area contributed by atoms with Crippen molar-refractivity contribution in [2.45, 2.75) is 21.6 Å². The lowest BCUT2D eigenvalue weighted by molar-refractivity contribution is -0.110. The predicted molar refractivity (Wildman–Crippen MR) is 111 cm³/mol. The molecule has 0 saturated heterocycles. The molecule has 0 heterocycles. The molecule has 4 nitrogen and oxygen atoms in total. The van der Waals surface area contributed by atoms with Crippen LogP contribution in [0.3, 0.4) is 0 Å². The van der Waals surface area contributed by atoms with Crippen molar-refractivity contribution in [3.63, 3.8) is 0 Å². The molecule has 0 fully saturated rings. The fraction of sp³-hybridized carbons (Fsp3) is 0.222. The molecule has 0 aliphatic carbocycles. The summed E-state index contributed by atoms with van der Waals surface area (Å²) in [4.78, 5) is 15.3. The third kappa shape index (κ3) is 5.73. The Morgan fingerprint density at radius 3 is 2.28 bits per heavy atom. The molecule has 0 saturated carbocycles. The minimum Gasteiger partial charge on any atom is -0.497 e. The molecule has 0 aromatic heterocycles. The van der Waals surface area contributed by atoms with Gasteiger partial charge in [-0.25, -0.2) is 0 Å². The van der Waals surface area contributed by atoms with E-state index in [1.165, 1.54) is 28.5 Å². The van der Waals surface area contributed by atoms with Gasteiger partial charge in [-0.15, -0.1) is 23.5 Å². The van der Waals surface area contributed by atoms with Crippen molar-refractivity contribution in [1.82, 2.24) is 0 Å². The number of anilines is 1. The van der Waals surface area contributed by atoms with E-state index in [0.29, 0.717) is 5.04 Å². The molecule has 0 bridgehead atoms. The summed E-state index contributed by atoms with van der Waals surface area (Å²) in [5.41, 5.74) is 3.72. The van der Waals surface area contributed by atoms with Gasteiger partial charge in [-0.05, 0) is 55.0 Å². The molecule has 2 aromatic rings. The SMILES string of the molecule is COc1ccc(NN=C(Sc2ccc(SC)c(SC)c2)C(C)=O)cc1. The zero-order chi connectivity index (χ0) is 18.2. The summed E-state index contributed by atoms with van der Waals surface area (Å²) in [5.74, 6) is 0.694. The van der Waals surface area contributed by atoms with E-state index >= 15 is 0 Å². The molecule has 0 atom stereocenters. The fourth-order valence-electron chi connectivity index (χ4n) is 1.95. The van der Waals surface area contributed by atoms with Crippen LogP contribution in [0.25, 0.3) is 0 Å². The Labute approximate surface area is 161 Å². The average Bonchev–Trinajstić information content (AvgIpc) is 2.65.